The zero-order valence-corrected chi connectivity index (χ0v) is 9.03. The van der Waals surface area contributed by atoms with E-state index in [0.29, 0.717) is 0 Å². The Hall–Kier alpha value is -1.19. The number of carboxylic acid groups (broad SMARTS) is 1. The lowest BCUT2D eigenvalue weighted by molar-refractivity contribution is -0.138. The van der Waals surface area contributed by atoms with Crippen LogP contribution >= 0.6 is 0 Å². The minimum absolute atomic E-state index is 0.0238. The molecule has 0 bridgehead atoms. The van der Waals surface area contributed by atoms with Crippen molar-refractivity contribution in [3.05, 3.63) is 0 Å². The highest BCUT2D eigenvalue weighted by molar-refractivity contribution is 7.86. The van der Waals surface area contributed by atoms with E-state index in [9.17, 15) is 18.0 Å². The Morgan fingerprint density at radius 3 is 2.50 bits per heavy atom. The van der Waals surface area contributed by atoms with Crippen LogP contribution < -0.4 is 10.6 Å². The number of rotatable bonds is 4. The van der Waals surface area contributed by atoms with E-state index in [1.807, 2.05) is 0 Å². The topological polar surface area (TPSA) is 133 Å². The Bertz CT molecular complexity index is 392. The Labute approximate surface area is 91.8 Å². The number of carbonyl (C=O) groups excluding carboxylic acids is 1. The minimum atomic E-state index is -4.16. The van der Waals surface area contributed by atoms with Gasteiger partial charge >= 0.3 is 5.97 Å². The molecule has 9 heteroatoms. The molecular weight excluding hydrogens is 240 g/mol. The molecule has 1 aliphatic heterocycles. The lowest BCUT2D eigenvalue weighted by Gasteiger charge is -2.09. The van der Waals surface area contributed by atoms with E-state index in [0.717, 1.165) is 0 Å². The van der Waals surface area contributed by atoms with Gasteiger partial charge in [0.05, 0.1) is 6.04 Å². The molecule has 2 atom stereocenters. The van der Waals surface area contributed by atoms with Crippen LogP contribution in [0.3, 0.4) is 0 Å². The van der Waals surface area contributed by atoms with E-state index in [2.05, 4.69) is 10.6 Å². The van der Waals surface area contributed by atoms with E-state index >= 15 is 0 Å². The highest BCUT2D eigenvalue weighted by Gasteiger charge is 2.36. The van der Waals surface area contributed by atoms with Gasteiger partial charge in [-0.05, 0) is 6.42 Å². The third-order valence-corrected chi connectivity index (χ3v) is 3.44. The van der Waals surface area contributed by atoms with E-state index in [1.54, 1.807) is 0 Å². The quantitative estimate of drug-likeness (QED) is 0.417. The number of carboxylic acids is 1. The molecule has 0 aromatic heterocycles. The molecule has 0 radical (unpaired) electrons. The van der Waals surface area contributed by atoms with Crippen LogP contribution in [-0.2, 0) is 19.7 Å². The van der Waals surface area contributed by atoms with Crippen molar-refractivity contribution in [2.45, 2.75) is 17.7 Å². The maximum Gasteiger partial charge on any atom is 0.322 e. The number of amides is 1. The van der Waals surface area contributed by atoms with Crippen LogP contribution in [0.4, 0.5) is 0 Å². The molecule has 1 aliphatic rings. The molecule has 0 unspecified atom stereocenters. The Kier molecular flexibility index (Phi) is 3.83. The summed E-state index contributed by atoms with van der Waals surface area (Å²) in [5, 5.41) is 12.0. The van der Waals surface area contributed by atoms with E-state index in [-0.39, 0.29) is 13.0 Å². The maximum atomic E-state index is 11.3. The second kappa shape index (κ2) is 4.76. The Morgan fingerprint density at radius 2 is 2.06 bits per heavy atom. The molecule has 0 aliphatic carbocycles. The van der Waals surface area contributed by atoms with Gasteiger partial charge in [-0.3, -0.25) is 14.1 Å². The number of hydrogen-bond donors (Lipinski definition) is 4. The van der Waals surface area contributed by atoms with Crippen LogP contribution in [0.2, 0.25) is 0 Å². The summed E-state index contributed by atoms with van der Waals surface area (Å²) < 4.78 is 30.3. The van der Waals surface area contributed by atoms with E-state index < -0.39 is 39.8 Å². The summed E-state index contributed by atoms with van der Waals surface area (Å²) in [6, 6.07) is -0.786. The average molecular weight is 252 g/mol. The zero-order chi connectivity index (χ0) is 12.3. The van der Waals surface area contributed by atoms with E-state index in [1.165, 1.54) is 0 Å². The third kappa shape index (κ3) is 3.43. The number of hydrogen-bond acceptors (Lipinski definition) is 5. The van der Waals surface area contributed by atoms with Crippen LogP contribution in [0.5, 0.6) is 0 Å². The molecule has 1 amide bonds. The van der Waals surface area contributed by atoms with Crippen molar-refractivity contribution in [2.24, 2.45) is 0 Å². The first-order chi connectivity index (χ1) is 7.30. The molecule has 0 spiro atoms. The van der Waals surface area contributed by atoms with Crippen molar-refractivity contribution in [1.29, 1.82) is 0 Å². The normalized spacial score (nSPS) is 25.3. The smallest absolute Gasteiger partial charge is 0.322 e. The zero-order valence-electron chi connectivity index (χ0n) is 8.21. The van der Waals surface area contributed by atoms with Crippen LogP contribution in [0.15, 0.2) is 0 Å². The largest absolute Gasteiger partial charge is 0.480 e. The maximum absolute atomic E-state index is 11.3. The molecule has 1 heterocycles. The SMILES string of the molecule is O=C(O)CNC(=O)[C@@H]1C[C@H](S(=O)(=O)O)CN1. The average Bonchev–Trinajstić information content (AvgIpc) is 2.61. The summed E-state index contributed by atoms with van der Waals surface area (Å²) in [5.41, 5.74) is 0. The van der Waals surface area contributed by atoms with Crippen molar-refractivity contribution < 1.29 is 27.7 Å². The lowest BCUT2D eigenvalue weighted by Crippen LogP contribution is -2.42. The van der Waals surface area contributed by atoms with Gasteiger partial charge < -0.3 is 15.7 Å². The minimum Gasteiger partial charge on any atom is -0.480 e. The summed E-state index contributed by atoms with van der Waals surface area (Å²) in [4.78, 5) is 21.5. The molecule has 0 saturated carbocycles. The monoisotopic (exact) mass is 252 g/mol. The van der Waals surface area contributed by atoms with Crippen LogP contribution in [-0.4, -0.2) is 54.3 Å². The van der Waals surface area contributed by atoms with Crippen LogP contribution in [0.1, 0.15) is 6.42 Å². The standard InChI is InChI=1S/C7H12N2O6S/c10-6(11)3-9-7(12)5-1-4(2-8-5)16(13,14)15/h4-5,8H,1-3H2,(H,9,12)(H,10,11)(H,13,14,15)/t4-,5-/m0/s1. The second-order valence-corrected chi connectivity index (χ2v) is 5.14. The first-order valence-electron chi connectivity index (χ1n) is 4.50. The van der Waals surface area contributed by atoms with Crippen molar-refractivity contribution in [2.75, 3.05) is 13.1 Å². The molecule has 8 nitrogen and oxygen atoms in total. The Morgan fingerprint density at radius 1 is 1.44 bits per heavy atom. The van der Waals surface area contributed by atoms with Crippen molar-refractivity contribution >= 4 is 22.0 Å². The number of carbonyl (C=O) groups is 2. The summed E-state index contributed by atoms with van der Waals surface area (Å²) >= 11 is 0. The summed E-state index contributed by atoms with van der Waals surface area (Å²) in [6.07, 6.45) is -0.0652. The van der Waals surface area contributed by atoms with Crippen molar-refractivity contribution in [3.8, 4) is 0 Å². The first-order valence-corrected chi connectivity index (χ1v) is 6.00. The van der Waals surface area contributed by atoms with E-state index in [4.69, 9.17) is 9.66 Å². The molecule has 0 aromatic rings. The first kappa shape index (κ1) is 12.9. The highest BCUT2D eigenvalue weighted by Crippen LogP contribution is 2.13. The van der Waals surface area contributed by atoms with Crippen LogP contribution in [0.25, 0.3) is 0 Å². The van der Waals surface area contributed by atoms with Gasteiger partial charge in [-0.15, -0.1) is 0 Å². The fourth-order valence-corrected chi connectivity index (χ4v) is 2.16. The molecule has 16 heavy (non-hydrogen) atoms. The highest BCUT2D eigenvalue weighted by atomic mass is 32.2. The summed E-state index contributed by atoms with van der Waals surface area (Å²) in [5.74, 6) is -1.77. The second-order valence-electron chi connectivity index (χ2n) is 3.45. The Balaban J connectivity index is 2.47. The molecular formula is C7H12N2O6S. The van der Waals surface area contributed by atoms with Gasteiger partial charge in [0.25, 0.3) is 10.1 Å². The lowest BCUT2D eigenvalue weighted by atomic mass is 10.2. The molecule has 4 N–H and O–H groups in total. The number of aliphatic carboxylic acids is 1. The predicted molar refractivity (Wildman–Crippen MR) is 52.4 cm³/mol. The van der Waals surface area contributed by atoms with Crippen molar-refractivity contribution in [1.82, 2.24) is 10.6 Å². The van der Waals surface area contributed by atoms with Crippen molar-refractivity contribution in [3.63, 3.8) is 0 Å². The molecule has 0 aromatic carbocycles. The fraction of sp³-hybridized carbons (Fsp3) is 0.714. The molecule has 1 saturated heterocycles. The van der Waals surface area contributed by atoms with Crippen LogP contribution in [0, 0.1) is 0 Å². The van der Waals surface area contributed by atoms with Gasteiger partial charge in [0.1, 0.15) is 11.8 Å². The van der Waals surface area contributed by atoms with Gasteiger partial charge in [0.15, 0.2) is 0 Å². The fourth-order valence-electron chi connectivity index (χ4n) is 1.42. The molecule has 1 fully saturated rings. The van der Waals surface area contributed by atoms with Gasteiger partial charge in [0, 0.05) is 6.54 Å². The number of nitrogens with one attached hydrogen (secondary N) is 2. The predicted octanol–water partition coefficient (Wildman–Crippen LogP) is -2.19. The van der Waals surface area contributed by atoms with Gasteiger partial charge in [-0.25, -0.2) is 0 Å². The summed E-state index contributed by atoms with van der Waals surface area (Å²) in [6.45, 7) is -0.544. The third-order valence-electron chi connectivity index (χ3n) is 2.24. The molecule has 1 rings (SSSR count). The molecule has 92 valence electrons. The summed E-state index contributed by atoms with van der Waals surface area (Å²) in [7, 11) is -4.16. The van der Waals surface area contributed by atoms with Gasteiger partial charge in [-0.2, -0.15) is 8.42 Å². The van der Waals surface area contributed by atoms with Gasteiger partial charge in [-0.1, -0.05) is 0 Å². The van der Waals surface area contributed by atoms with Gasteiger partial charge in [0.2, 0.25) is 5.91 Å².